The van der Waals surface area contributed by atoms with Crippen molar-refractivity contribution in [1.82, 2.24) is 4.90 Å². The highest BCUT2D eigenvalue weighted by Gasteiger charge is 2.49. The fourth-order valence-electron chi connectivity index (χ4n) is 2.95. The van der Waals surface area contributed by atoms with Crippen molar-refractivity contribution in [3.63, 3.8) is 0 Å². The summed E-state index contributed by atoms with van der Waals surface area (Å²) in [4.78, 5) is 37.3. The topological polar surface area (TPSA) is 74.7 Å². The van der Waals surface area contributed by atoms with Gasteiger partial charge in [-0.15, -0.1) is 0 Å². The molecule has 112 valence electrons. The largest absolute Gasteiger partial charge is 0.477 e. The third-order valence-corrected chi connectivity index (χ3v) is 4.03. The summed E-state index contributed by atoms with van der Waals surface area (Å²) >= 11 is 0. The van der Waals surface area contributed by atoms with Gasteiger partial charge in [0.1, 0.15) is 5.70 Å². The number of nitrogens with zero attached hydrogens (tertiary/aromatic N) is 1. The first kappa shape index (κ1) is 14.3. The maximum Gasteiger partial charge on any atom is 0.353 e. The normalized spacial score (nSPS) is 24.5. The van der Waals surface area contributed by atoms with E-state index in [9.17, 15) is 19.5 Å². The minimum absolute atomic E-state index is 0.288. The maximum atomic E-state index is 12.5. The van der Waals surface area contributed by atoms with E-state index in [1.165, 1.54) is 6.08 Å². The number of likely N-dealkylation sites (tertiary alicyclic amines) is 1. The molecule has 1 saturated heterocycles. The third kappa shape index (κ3) is 2.35. The van der Waals surface area contributed by atoms with Crippen LogP contribution >= 0.6 is 0 Å². The summed E-state index contributed by atoms with van der Waals surface area (Å²) < 4.78 is 0. The SMILES string of the molecule is O=C(O)C(=Cc1ccccc1)N1C(=O)C2C=CCCC2C1=O. The van der Waals surface area contributed by atoms with Gasteiger partial charge in [-0.25, -0.2) is 9.69 Å². The fraction of sp³-hybridized carbons (Fsp3) is 0.235. The van der Waals surface area contributed by atoms with Crippen LogP contribution in [0.5, 0.6) is 0 Å². The Labute approximate surface area is 127 Å². The number of carbonyl (C=O) groups excluding carboxylic acids is 2. The summed E-state index contributed by atoms with van der Waals surface area (Å²) in [6.07, 6.45) is 6.27. The van der Waals surface area contributed by atoms with Gasteiger partial charge in [0.25, 0.3) is 0 Å². The molecule has 1 aromatic rings. The van der Waals surface area contributed by atoms with Crippen LogP contribution in [0.1, 0.15) is 18.4 Å². The molecule has 2 atom stereocenters. The number of imide groups is 1. The number of allylic oxidation sites excluding steroid dienone is 1. The number of carboxylic acids is 1. The van der Waals surface area contributed by atoms with Crippen molar-refractivity contribution in [2.24, 2.45) is 11.8 Å². The highest BCUT2D eigenvalue weighted by atomic mass is 16.4. The van der Waals surface area contributed by atoms with Gasteiger partial charge >= 0.3 is 5.97 Å². The molecule has 5 nitrogen and oxygen atoms in total. The number of benzene rings is 1. The van der Waals surface area contributed by atoms with Crippen molar-refractivity contribution < 1.29 is 19.5 Å². The Morgan fingerprint density at radius 1 is 1.18 bits per heavy atom. The quantitative estimate of drug-likeness (QED) is 0.526. The first-order valence-electron chi connectivity index (χ1n) is 7.14. The number of aliphatic carboxylic acids is 1. The van der Waals surface area contributed by atoms with E-state index in [2.05, 4.69) is 0 Å². The molecule has 3 rings (SSSR count). The van der Waals surface area contributed by atoms with Crippen LogP contribution in [-0.2, 0) is 14.4 Å². The van der Waals surface area contributed by atoms with Crippen molar-refractivity contribution in [3.8, 4) is 0 Å². The zero-order chi connectivity index (χ0) is 15.7. The maximum absolute atomic E-state index is 12.5. The van der Waals surface area contributed by atoms with Gasteiger partial charge < -0.3 is 5.11 Å². The fourth-order valence-corrected chi connectivity index (χ4v) is 2.95. The van der Waals surface area contributed by atoms with Crippen LogP contribution in [0, 0.1) is 11.8 Å². The Balaban J connectivity index is 2.01. The molecular formula is C17H15NO4. The lowest BCUT2D eigenvalue weighted by atomic mass is 9.86. The van der Waals surface area contributed by atoms with E-state index in [0.717, 1.165) is 11.3 Å². The minimum Gasteiger partial charge on any atom is -0.477 e. The average molecular weight is 297 g/mol. The predicted molar refractivity (Wildman–Crippen MR) is 79.3 cm³/mol. The van der Waals surface area contributed by atoms with Gasteiger partial charge in [-0.05, 0) is 24.5 Å². The number of fused-ring (bicyclic) bond motifs is 1. The van der Waals surface area contributed by atoms with E-state index in [4.69, 9.17) is 0 Å². The van der Waals surface area contributed by atoms with Crippen molar-refractivity contribution in [2.45, 2.75) is 12.8 Å². The predicted octanol–water partition coefficient (Wildman–Crippen LogP) is 2.06. The molecule has 1 N–H and O–H groups in total. The second-order valence-corrected chi connectivity index (χ2v) is 5.40. The first-order valence-corrected chi connectivity index (χ1v) is 7.14. The molecule has 2 amide bonds. The lowest BCUT2D eigenvalue weighted by Crippen LogP contribution is -2.33. The summed E-state index contributed by atoms with van der Waals surface area (Å²) in [6.45, 7) is 0. The van der Waals surface area contributed by atoms with E-state index >= 15 is 0 Å². The molecule has 1 aliphatic carbocycles. The van der Waals surface area contributed by atoms with Gasteiger partial charge in [0.05, 0.1) is 11.8 Å². The van der Waals surface area contributed by atoms with Crippen LogP contribution in [0.2, 0.25) is 0 Å². The third-order valence-electron chi connectivity index (χ3n) is 4.03. The van der Waals surface area contributed by atoms with Crippen LogP contribution in [0.15, 0.2) is 48.2 Å². The Morgan fingerprint density at radius 3 is 2.55 bits per heavy atom. The standard InChI is InChI=1S/C17H15NO4/c19-15-12-8-4-5-9-13(12)16(20)18(15)14(17(21)22)10-11-6-2-1-3-7-11/h1-4,6-8,10,12-13H,5,9H2,(H,21,22). The molecule has 2 aliphatic rings. The van der Waals surface area contributed by atoms with Crippen molar-refractivity contribution >= 4 is 23.9 Å². The summed E-state index contributed by atoms with van der Waals surface area (Å²) in [5, 5.41) is 9.43. The van der Waals surface area contributed by atoms with Crippen LogP contribution in [0.3, 0.4) is 0 Å². The highest BCUT2D eigenvalue weighted by Crippen LogP contribution is 2.36. The molecule has 1 aromatic carbocycles. The van der Waals surface area contributed by atoms with Gasteiger partial charge in [0, 0.05) is 0 Å². The molecule has 0 spiro atoms. The van der Waals surface area contributed by atoms with E-state index in [-0.39, 0.29) is 5.70 Å². The van der Waals surface area contributed by atoms with Crippen LogP contribution < -0.4 is 0 Å². The molecule has 0 aromatic heterocycles. The molecular weight excluding hydrogens is 282 g/mol. The van der Waals surface area contributed by atoms with Gasteiger partial charge in [0.2, 0.25) is 11.8 Å². The van der Waals surface area contributed by atoms with Crippen LogP contribution in [0.4, 0.5) is 0 Å². The van der Waals surface area contributed by atoms with Crippen molar-refractivity contribution in [2.75, 3.05) is 0 Å². The summed E-state index contributed by atoms with van der Waals surface area (Å²) in [6, 6.07) is 8.79. The van der Waals surface area contributed by atoms with Crippen molar-refractivity contribution in [3.05, 3.63) is 53.7 Å². The van der Waals surface area contributed by atoms with Crippen LogP contribution in [-0.4, -0.2) is 27.8 Å². The van der Waals surface area contributed by atoms with Gasteiger partial charge in [-0.2, -0.15) is 0 Å². The Morgan fingerprint density at radius 2 is 1.91 bits per heavy atom. The van der Waals surface area contributed by atoms with E-state index in [1.807, 2.05) is 12.1 Å². The number of hydrogen-bond donors (Lipinski definition) is 1. The zero-order valence-electron chi connectivity index (χ0n) is 11.8. The Kier molecular flexibility index (Phi) is 3.63. The number of rotatable bonds is 3. The molecule has 22 heavy (non-hydrogen) atoms. The van der Waals surface area contributed by atoms with Gasteiger partial charge in [0.15, 0.2) is 0 Å². The lowest BCUT2D eigenvalue weighted by molar-refractivity contribution is -0.144. The average Bonchev–Trinajstić information content (AvgIpc) is 2.78. The van der Waals surface area contributed by atoms with Crippen molar-refractivity contribution in [1.29, 1.82) is 0 Å². The van der Waals surface area contributed by atoms with Gasteiger partial charge in [-0.3, -0.25) is 9.59 Å². The lowest BCUT2D eigenvalue weighted by Gasteiger charge is -2.15. The number of amides is 2. The molecule has 5 heteroatoms. The Bertz CT molecular complexity index is 690. The Hall–Kier alpha value is -2.69. The van der Waals surface area contributed by atoms with Gasteiger partial charge in [-0.1, -0.05) is 42.5 Å². The molecule has 0 radical (unpaired) electrons. The summed E-state index contributed by atoms with van der Waals surface area (Å²) in [5.41, 5.74) is 0.343. The zero-order valence-corrected chi connectivity index (χ0v) is 11.8. The second-order valence-electron chi connectivity index (χ2n) is 5.40. The molecule has 0 saturated carbocycles. The second kappa shape index (κ2) is 5.60. The summed E-state index contributed by atoms with van der Waals surface area (Å²) in [7, 11) is 0. The monoisotopic (exact) mass is 297 g/mol. The number of carboxylic acid groups (broad SMARTS) is 1. The van der Waals surface area contributed by atoms with E-state index < -0.39 is 29.6 Å². The van der Waals surface area contributed by atoms with E-state index in [1.54, 1.807) is 30.3 Å². The minimum atomic E-state index is -1.28. The summed E-state index contributed by atoms with van der Waals surface area (Å²) in [5.74, 6) is -3.11. The molecule has 1 heterocycles. The molecule has 2 unspecified atom stereocenters. The first-order chi connectivity index (χ1) is 10.6. The molecule has 1 fully saturated rings. The highest BCUT2D eigenvalue weighted by molar-refractivity contribution is 6.13. The molecule has 0 bridgehead atoms. The van der Waals surface area contributed by atoms with E-state index in [0.29, 0.717) is 12.0 Å². The van der Waals surface area contributed by atoms with Crippen LogP contribution in [0.25, 0.3) is 6.08 Å². The smallest absolute Gasteiger partial charge is 0.353 e. The molecule has 1 aliphatic heterocycles. The number of carbonyl (C=O) groups is 3. The number of hydrogen-bond acceptors (Lipinski definition) is 3.